The molecule has 0 fully saturated rings. The van der Waals surface area contributed by atoms with E-state index in [-0.39, 0.29) is 24.3 Å². The molecule has 0 radical (unpaired) electrons. The van der Waals surface area contributed by atoms with Gasteiger partial charge in [0.15, 0.2) is 11.5 Å². The average molecular weight is 400 g/mol. The number of amides is 2. The van der Waals surface area contributed by atoms with Crippen LogP contribution in [0.4, 0.5) is 0 Å². The molecule has 0 saturated carbocycles. The Balaban J connectivity index is 1.56. The van der Waals surface area contributed by atoms with E-state index in [9.17, 15) is 9.59 Å². The summed E-state index contributed by atoms with van der Waals surface area (Å²) in [6.45, 7) is 0.511. The minimum absolute atomic E-state index is 0.138. The number of rotatable bonds is 6. The first-order chi connectivity index (χ1) is 14.7. The van der Waals surface area contributed by atoms with E-state index >= 15 is 0 Å². The van der Waals surface area contributed by atoms with Gasteiger partial charge < -0.3 is 20.1 Å². The summed E-state index contributed by atoms with van der Waals surface area (Å²) in [5, 5.41) is 5.57. The lowest BCUT2D eigenvalue weighted by molar-refractivity contribution is -0.117. The summed E-state index contributed by atoms with van der Waals surface area (Å²) in [7, 11) is 0. The van der Waals surface area contributed by atoms with Crippen molar-refractivity contribution in [3.05, 3.63) is 101 Å². The van der Waals surface area contributed by atoms with Crippen molar-refractivity contribution in [2.45, 2.75) is 6.54 Å². The van der Waals surface area contributed by atoms with Crippen molar-refractivity contribution in [1.82, 2.24) is 10.6 Å². The molecule has 0 atom stereocenters. The second kappa shape index (κ2) is 8.96. The third-order valence-electron chi connectivity index (χ3n) is 4.53. The largest absolute Gasteiger partial charge is 0.454 e. The van der Waals surface area contributed by atoms with Crippen LogP contribution in [0.15, 0.2) is 84.6 Å². The molecule has 0 spiro atoms. The summed E-state index contributed by atoms with van der Waals surface area (Å²) in [6, 6.07) is 23.6. The van der Waals surface area contributed by atoms with Gasteiger partial charge in [0, 0.05) is 12.1 Å². The van der Waals surface area contributed by atoms with Crippen LogP contribution in [0.25, 0.3) is 6.08 Å². The van der Waals surface area contributed by atoms with Crippen LogP contribution in [0.5, 0.6) is 11.5 Å². The number of hydrogen-bond donors (Lipinski definition) is 2. The highest BCUT2D eigenvalue weighted by Gasteiger charge is 2.17. The first-order valence-corrected chi connectivity index (χ1v) is 9.49. The first-order valence-electron chi connectivity index (χ1n) is 9.49. The van der Waals surface area contributed by atoms with E-state index in [2.05, 4.69) is 10.6 Å². The number of hydrogen-bond acceptors (Lipinski definition) is 4. The molecule has 4 rings (SSSR count). The van der Waals surface area contributed by atoms with Crippen LogP contribution in [0.2, 0.25) is 0 Å². The molecular formula is C24H20N2O4. The van der Waals surface area contributed by atoms with Crippen molar-refractivity contribution >= 4 is 17.9 Å². The Morgan fingerprint density at radius 2 is 1.57 bits per heavy atom. The molecule has 0 saturated heterocycles. The molecule has 150 valence electrons. The summed E-state index contributed by atoms with van der Waals surface area (Å²) in [6.07, 6.45) is 1.61. The number of nitrogens with one attached hydrogen (secondary N) is 2. The molecule has 1 aliphatic rings. The molecule has 0 bridgehead atoms. The second-order valence-electron chi connectivity index (χ2n) is 6.66. The van der Waals surface area contributed by atoms with Crippen LogP contribution < -0.4 is 20.1 Å². The minimum atomic E-state index is -0.388. The van der Waals surface area contributed by atoms with E-state index in [0.29, 0.717) is 29.2 Å². The summed E-state index contributed by atoms with van der Waals surface area (Å²) in [5.41, 5.74) is 2.27. The molecule has 0 unspecified atom stereocenters. The van der Waals surface area contributed by atoms with Crippen molar-refractivity contribution in [3.63, 3.8) is 0 Å². The molecular weight excluding hydrogens is 380 g/mol. The predicted molar refractivity (Wildman–Crippen MR) is 113 cm³/mol. The highest BCUT2D eigenvalue weighted by Crippen LogP contribution is 2.33. The topological polar surface area (TPSA) is 76.7 Å². The maximum Gasteiger partial charge on any atom is 0.268 e. The van der Waals surface area contributed by atoms with Crippen molar-refractivity contribution < 1.29 is 19.1 Å². The fraction of sp³-hybridized carbons (Fsp3) is 0.0833. The quantitative estimate of drug-likeness (QED) is 0.621. The van der Waals surface area contributed by atoms with Gasteiger partial charge in [-0.25, -0.2) is 0 Å². The molecule has 0 aromatic heterocycles. The SMILES string of the molecule is O=C(NCc1ccccc1)/C(=C/c1ccc2c(c1)OCO2)NC(=O)c1ccccc1. The molecule has 6 heteroatoms. The normalized spacial score (nSPS) is 12.3. The predicted octanol–water partition coefficient (Wildman–Crippen LogP) is 3.50. The monoisotopic (exact) mass is 400 g/mol. The third kappa shape index (κ3) is 4.67. The Bertz CT molecular complexity index is 1080. The first kappa shape index (κ1) is 19.3. The van der Waals surface area contributed by atoms with Gasteiger partial charge in [0.25, 0.3) is 11.8 Å². The number of fused-ring (bicyclic) bond motifs is 1. The van der Waals surface area contributed by atoms with Crippen LogP contribution in [0.1, 0.15) is 21.5 Å². The molecule has 0 aliphatic carbocycles. The van der Waals surface area contributed by atoms with Crippen LogP contribution in [-0.2, 0) is 11.3 Å². The summed E-state index contributed by atoms with van der Waals surface area (Å²) in [5.74, 6) is 0.496. The van der Waals surface area contributed by atoms with E-state index in [4.69, 9.17) is 9.47 Å². The fourth-order valence-electron chi connectivity index (χ4n) is 2.99. The maximum absolute atomic E-state index is 12.9. The standard InChI is InChI=1S/C24H20N2O4/c27-23(19-9-5-2-6-10-19)26-20(24(28)25-15-17-7-3-1-4-8-17)13-18-11-12-21-22(14-18)30-16-29-21/h1-14H,15-16H2,(H,25,28)(H,26,27)/b20-13-. The number of ether oxygens (including phenoxy) is 2. The van der Waals surface area contributed by atoms with Crippen molar-refractivity contribution in [1.29, 1.82) is 0 Å². The Hall–Kier alpha value is -4.06. The summed E-state index contributed by atoms with van der Waals surface area (Å²) < 4.78 is 10.7. The maximum atomic E-state index is 12.9. The van der Waals surface area contributed by atoms with Crippen LogP contribution in [-0.4, -0.2) is 18.6 Å². The molecule has 6 nitrogen and oxygen atoms in total. The Kier molecular flexibility index (Phi) is 5.75. The molecule has 3 aromatic carbocycles. The molecule has 30 heavy (non-hydrogen) atoms. The van der Waals surface area contributed by atoms with Crippen molar-refractivity contribution in [2.75, 3.05) is 6.79 Å². The highest BCUT2D eigenvalue weighted by atomic mass is 16.7. The fourth-order valence-corrected chi connectivity index (χ4v) is 2.99. The zero-order valence-electron chi connectivity index (χ0n) is 16.1. The minimum Gasteiger partial charge on any atom is -0.454 e. The van der Waals surface area contributed by atoms with Crippen LogP contribution >= 0.6 is 0 Å². The van der Waals surface area contributed by atoms with E-state index in [1.165, 1.54) is 0 Å². The third-order valence-corrected chi connectivity index (χ3v) is 4.53. The zero-order valence-corrected chi connectivity index (χ0v) is 16.1. The van der Waals surface area contributed by atoms with Gasteiger partial charge in [-0.1, -0.05) is 54.6 Å². The van der Waals surface area contributed by atoms with Gasteiger partial charge >= 0.3 is 0 Å². The van der Waals surface area contributed by atoms with Gasteiger partial charge in [-0.3, -0.25) is 9.59 Å². The molecule has 2 N–H and O–H groups in total. The lowest BCUT2D eigenvalue weighted by atomic mass is 10.1. The number of carbonyl (C=O) groups excluding carboxylic acids is 2. The second-order valence-corrected chi connectivity index (χ2v) is 6.66. The van der Waals surface area contributed by atoms with Gasteiger partial charge in [0.2, 0.25) is 6.79 Å². The van der Waals surface area contributed by atoms with Gasteiger partial charge in [-0.15, -0.1) is 0 Å². The van der Waals surface area contributed by atoms with E-state index in [0.717, 1.165) is 5.56 Å². The van der Waals surface area contributed by atoms with Gasteiger partial charge in [0.1, 0.15) is 5.70 Å². The van der Waals surface area contributed by atoms with Crippen LogP contribution in [0.3, 0.4) is 0 Å². The number of benzene rings is 3. The molecule has 1 heterocycles. The highest BCUT2D eigenvalue weighted by molar-refractivity contribution is 6.05. The lowest BCUT2D eigenvalue weighted by Gasteiger charge is -2.11. The Morgan fingerprint density at radius 3 is 2.33 bits per heavy atom. The van der Waals surface area contributed by atoms with Gasteiger partial charge in [-0.05, 0) is 41.5 Å². The van der Waals surface area contributed by atoms with Crippen LogP contribution in [0, 0.1) is 0 Å². The van der Waals surface area contributed by atoms with E-state index in [1.54, 1.807) is 48.5 Å². The number of carbonyl (C=O) groups is 2. The molecule has 1 aliphatic heterocycles. The zero-order chi connectivity index (χ0) is 20.8. The Labute approximate surface area is 174 Å². The molecule has 3 aromatic rings. The van der Waals surface area contributed by atoms with Crippen molar-refractivity contribution in [3.8, 4) is 11.5 Å². The average Bonchev–Trinajstić information content (AvgIpc) is 3.26. The smallest absolute Gasteiger partial charge is 0.268 e. The summed E-state index contributed by atoms with van der Waals surface area (Å²) in [4.78, 5) is 25.5. The molecule has 2 amide bonds. The Morgan fingerprint density at radius 1 is 0.867 bits per heavy atom. The van der Waals surface area contributed by atoms with Gasteiger partial charge in [-0.2, -0.15) is 0 Å². The van der Waals surface area contributed by atoms with Crippen molar-refractivity contribution in [2.24, 2.45) is 0 Å². The van der Waals surface area contributed by atoms with E-state index in [1.807, 2.05) is 36.4 Å². The van der Waals surface area contributed by atoms with Gasteiger partial charge in [0.05, 0.1) is 0 Å². The van der Waals surface area contributed by atoms with E-state index < -0.39 is 0 Å². The summed E-state index contributed by atoms with van der Waals surface area (Å²) >= 11 is 0. The lowest BCUT2D eigenvalue weighted by Crippen LogP contribution is -2.34.